The van der Waals surface area contributed by atoms with Crippen LogP contribution in [0.3, 0.4) is 0 Å². The maximum Gasteiger partial charge on any atom is 0.333 e. The van der Waals surface area contributed by atoms with Crippen LogP contribution in [0.4, 0.5) is 10.5 Å². The second-order valence-electron chi connectivity index (χ2n) is 10.5. The summed E-state index contributed by atoms with van der Waals surface area (Å²) < 4.78 is 11.2. The van der Waals surface area contributed by atoms with Crippen LogP contribution in [0.15, 0.2) is 36.4 Å². The second kappa shape index (κ2) is 13.3. The van der Waals surface area contributed by atoms with Crippen molar-refractivity contribution in [3.63, 3.8) is 0 Å². The molecule has 7 nitrogen and oxygen atoms in total. The maximum atomic E-state index is 13.2. The van der Waals surface area contributed by atoms with Crippen molar-refractivity contribution in [2.45, 2.75) is 67.4 Å². The lowest BCUT2D eigenvalue weighted by molar-refractivity contribution is -0.149. The van der Waals surface area contributed by atoms with Gasteiger partial charge in [0.1, 0.15) is 12.4 Å². The molecule has 2 N–H and O–H groups in total. The number of carbonyl (C=O) groups is 2. The Hall–Kier alpha value is -3.06. The minimum atomic E-state index is -0.971. The number of ether oxygens (including phenoxy) is 2. The van der Waals surface area contributed by atoms with Crippen LogP contribution < -0.4 is 10.1 Å². The Balaban J connectivity index is 2.00. The highest BCUT2D eigenvalue weighted by molar-refractivity contribution is 5.90. The first-order chi connectivity index (χ1) is 16.9. The minimum Gasteiger partial charge on any atom is -0.492 e. The van der Waals surface area contributed by atoms with E-state index in [4.69, 9.17) is 9.47 Å². The number of carboxylic acid groups (broad SMARTS) is 1. The van der Waals surface area contributed by atoms with E-state index in [1.165, 1.54) is 5.56 Å². The number of amides is 2. The number of benzene rings is 2. The summed E-state index contributed by atoms with van der Waals surface area (Å²) in [4.78, 5) is 26.3. The van der Waals surface area contributed by atoms with E-state index in [1.54, 1.807) is 11.8 Å². The van der Waals surface area contributed by atoms with Gasteiger partial charge in [-0.1, -0.05) is 39.0 Å². The number of nitrogens with one attached hydrogen (secondary N) is 1. The molecule has 0 fully saturated rings. The average Bonchev–Trinajstić information content (AvgIpc) is 2.79. The van der Waals surface area contributed by atoms with E-state index < -0.39 is 12.1 Å². The molecule has 2 amide bonds. The van der Waals surface area contributed by atoms with Gasteiger partial charge in [0, 0.05) is 25.3 Å². The molecule has 0 aliphatic heterocycles. The SMILES string of the molecule is CCOC(Cc1ccc(OCCN(CCC(C)(C)C)C(=O)Nc2cc(C)c(C)cc2C)cc1)C(=O)O. The zero-order chi connectivity index (χ0) is 26.9. The van der Waals surface area contributed by atoms with Crippen molar-refractivity contribution in [2.24, 2.45) is 5.41 Å². The van der Waals surface area contributed by atoms with Gasteiger partial charge in [0.2, 0.25) is 0 Å². The van der Waals surface area contributed by atoms with Gasteiger partial charge in [-0.15, -0.1) is 0 Å². The van der Waals surface area contributed by atoms with E-state index in [9.17, 15) is 14.7 Å². The molecule has 0 radical (unpaired) electrons. The molecule has 0 aromatic heterocycles. The lowest BCUT2D eigenvalue weighted by atomic mass is 9.92. The second-order valence-corrected chi connectivity index (χ2v) is 10.5. The molecule has 1 atom stereocenters. The van der Waals surface area contributed by atoms with Gasteiger partial charge < -0.3 is 24.8 Å². The zero-order valence-corrected chi connectivity index (χ0v) is 22.8. The van der Waals surface area contributed by atoms with Gasteiger partial charge >= 0.3 is 12.0 Å². The lowest BCUT2D eigenvalue weighted by Crippen LogP contribution is -2.39. The Labute approximate surface area is 215 Å². The number of carboxylic acids is 1. The highest BCUT2D eigenvalue weighted by Crippen LogP contribution is 2.22. The Morgan fingerprint density at radius 1 is 1.00 bits per heavy atom. The lowest BCUT2D eigenvalue weighted by Gasteiger charge is -2.27. The molecule has 0 aliphatic carbocycles. The predicted octanol–water partition coefficient (Wildman–Crippen LogP) is 5.99. The summed E-state index contributed by atoms with van der Waals surface area (Å²) >= 11 is 0. The number of carbonyl (C=O) groups excluding carboxylic acids is 1. The zero-order valence-electron chi connectivity index (χ0n) is 22.8. The molecule has 0 bridgehead atoms. The molecular weight excluding hydrogens is 456 g/mol. The molecule has 7 heteroatoms. The number of aryl methyl sites for hydroxylation is 3. The Morgan fingerprint density at radius 3 is 2.22 bits per heavy atom. The van der Waals surface area contributed by atoms with E-state index in [1.807, 2.05) is 44.2 Å². The molecule has 2 rings (SSSR count). The smallest absolute Gasteiger partial charge is 0.333 e. The molecule has 0 aliphatic rings. The van der Waals surface area contributed by atoms with Crippen LogP contribution in [0.5, 0.6) is 5.75 Å². The normalized spacial score (nSPS) is 12.2. The maximum absolute atomic E-state index is 13.2. The van der Waals surface area contributed by atoms with Gasteiger partial charge in [0.05, 0.1) is 6.54 Å². The third-order valence-corrected chi connectivity index (χ3v) is 6.12. The van der Waals surface area contributed by atoms with Crippen molar-refractivity contribution in [3.8, 4) is 5.75 Å². The highest BCUT2D eigenvalue weighted by Gasteiger charge is 2.20. The fourth-order valence-electron chi connectivity index (χ4n) is 3.70. The number of hydrogen-bond acceptors (Lipinski definition) is 4. The summed E-state index contributed by atoms with van der Waals surface area (Å²) in [6.45, 7) is 16.1. The van der Waals surface area contributed by atoms with Crippen LogP contribution in [0.2, 0.25) is 0 Å². The van der Waals surface area contributed by atoms with Crippen LogP contribution in [-0.2, 0) is 16.0 Å². The monoisotopic (exact) mass is 498 g/mol. The van der Waals surface area contributed by atoms with Crippen LogP contribution in [0, 0.1) is 26.2 Å². The molecule has 2 aromatic rings. The molecule has 0 spiro atoms. The summed E-state index contributed by atoms with van der Waals surface area (Å²) in [7, 11) is 0. The number of urea groups is 1. The topological polar surface area (TPSA) is 88.1 Å². The van der Waals surface area contributed by atoms with Gasteiger partial charge in [-0.2, -0.15) is 0 Å². The third-order valence-electron chi connectivity index (χ3n) is 6.12. The first-order valence-electron chi connectivity index (χ1n) is 12.6. The molecule has 0 saturated carbocycles. The fraction of sp³-hybridized carbons (Fsp3) is 0.517. The fourth-order valence-corrected chi connectivity index (χ4v) is 3.70. The molecule has 0 heterocycles. The number of hydrogen-bond donors (Lipinski definition) is 2. The van der Waals surface area contributed by atoms with E-state index in [0.717, 1.165) is 28.8 Å². The van der Waals surface area contributed by atoms with Crippen molar-refractivity contribution in [2.75, 3.05) is 31.6 Å². The Kier molecular flexibility index (Phi) is 10.8. The van der Waals surface area contributed by atoms with Gasteiger partial charge in [0.25, 0.3) is 0 Å². The van der Waals surface area contributed by atoms with Gasteiger partial charge in [-0.05, 0) is 80.0 Å². The number of aliphatic carboxylic acids is 1. The number of rotatable bonds is 12. The summed E-state index contributed by atoms with van der Waals surface area (Å²) in [5.74, 6) is -0.301. The minimum absolute atomic E-state index is 0.0981. The molecule has 1 unspecified atom stereocenters. The van der Waals surface area contributed by atoms with Gasteiger partial charge in [-0.3, -0.25) is 0 Å². The molecule has 2 aromatic carbocycles. The average molecular weight is 499 g/mol. The Morgan fingerprint density at radius 2 is 1.64 bits per heavy atom. The molecule has 198 valence electrons. The first kappa shape index (κ1) is 29.2. The quantitative estimate of drug-likeness (QED) is 0.375. The van der Waals surface area contributed by atoms with Crippen LogP contribution in [0.25, 0.3) is 0 Å². The summed E-state index contributed by atoms with van der Waals surface area (Å²) in [6.07, 6.45) is 0.297. The Bertz CT molecular complexity index is 1010. The predicted molar refractivity (Wildman–Crippen MR) is 144 cm³/mol. The molecule has 36 heavy (non-hydrogen) atoms. The van der Waals surface area contributed by atoms with Crippen LogP contribution in [-0.4, -0.2) is 54.4 Å². The van der Waals surface area contributed by atoms with Crippen LogP contribution >= 0.6 is 0 Å². The highest BCUT2D eigenvalue weighted by atomic mass is 16.5. The molecule has 0 saturated heterocycles. The van der Waals surface area contributed by atoms with Crippen molar-refractivity contribution < 1.29 is 24.2 Å². The van der Waals surface area contributed by atoms with E-state index in [2.05, 4.69) is 39.1 Å². The number of anilines is 1. The van der Waals surface area contributed by atoms with Crippen molar-refractivity contribution in [1.82, 2.24) is 4.90 Å². The molecular formula is C29H42N2O5. The number of nitrogens with zero attached hydrogens (tertiary/aromatic N) is 1. The third kappa shape index (κ3) is 9.53. The van der Waals surface area contributed by atoms with E-state index >= 15 is 0 Å². The standard InChI is InChI=1S/C29H42N2O5/c1-8-35-26(27(32)33)19-23-9-11-24(12-10-23)36-16-15-31(14-13-29(5,6)7)28(34)30-25-18-21(3)20(2)17-22(25)4/h9-12,17-18,26H,8,13-16,19H2,1-7H3,(H,30,34)(H,32,33). The van der Waals surface area contributed by atoms with E-state index in [-0.39, 0.29) is 11.4 Å². The summed E-state index contributed by atoms with van der Waals surface area (Å²) in [5, 5.41) is 12.4. The first-order valence-corrected chi connectivity index (χ1v) is 12.6. The van der Waals surface area contributed by atoms with Crippen molar-refractivity contribution >= 4 is 17.7 Å². The van der Waals surface area contributed by atoms with Crippen LogP contribution in [0.1, 0.15) is 56.4 Å². The van der Waals surface area contributed by atoms with Crippen molar-refractivity contribution in [3.05, 3.63) is 58.7 Å². The largest absolute Gasteiger partial charge is 0.492 e. The van der Waals surface area contributed by atoms with Gasteiger partial charge in [-0.25, -0.2) is 9.59 Å². The summed E-state index contributed by atoms with van der Waals surface area (Å²) in [6, 6.07) is 11.3. The van der Waals surface area contributed by atoms with E-state index in [0.29, 0.717) is 38.5 Å². The summed E-state index contributed by atoms with van der Waals surface area (Å²) in [5.41, 5.74) is 5.16. The van der Waals surface area contributed by atoms with Gasteiger partial charge in [0.15, 0.2) is 6.10 Å². The van der Waals surface area contributed by atoms with Crippen molar-refractivity contribution in [1.29, 1.82) is 0 Å².